The van der Waals surface area contributed by atoms with Crippen molar-refractivity contribution in [3.05, 3.63) is 77.2 Å². The lowest BCUT2D eigenvalue weighted by Crippen LogP contribution is -2.43. The summed E-state index contributed by atoms with van der Waals surface area (Å²) in [5.41, 5.74) is 2.96. The van der Waals surface area contributed by atoms with Crippen LogP contribution in [0, 0.1) is 19.8 Å². The maximum Gasteiger partial charge on any atom is 0.332 e. The lowest BCUT2D eigenvalue weighted by atomic mass is 9.80. The molecule has 6 nitrogen and oxygen atoms in total. The molecule has 1 fully saturated rings. The van der Waals surface area contributed by atoms with Gasteiger partial charge in [-0.15, -0.1) is 0 Å². The lowest BCUT2D eigenvalue weighted by Gasteiger charge is -2.37. The van der Waals surface area contributed by atoms with Crippen molar-refractivity contribution in [2.75, 3.05) is 6.61 Å². The highest BCUT2D eigenvalue weighted by atomic mass is 16.6. The average molecular weight is 437 g/mol. The fraction of sp³-hybridized carbons (Fsp3) is 0.385. The summed E-state index contributed by atoms with van der Waals surface area (Å²) in [7, 11) is 0. The molecule has 0 N–H and O–H groups in total. The number of ether oxygens (including phenoxy) is 4. The van der Waals surface area contributed by atoms with Gasteiger partial charge in [0.05, 0.1) is 12.0 Å². The molecule has 1 aliphatic carbocycles. The Balaban J connectivity index is 1.27. The van der Waals surface area contributed by atoms with E-state index >= 15 is 0 Å². The third-order valence-electron chi connectivity index (χ3n) is 5.92. The number of Topliss-reactive ketones (excluding diaryl/α,β-unsaturated/α-hetero) is 1. The minimum Gasteiger partial charge on any atom is -0.493 e. The van der Waals surface area contributed by atoms with Crippen molar-refractivity contribution in [1.29, 1.82) is 0 Å². The number of carbonyl (C=O) groups excluding carboxylic acids is 2. The van der Waals surface area contributed by atoms with Gasteiger partial charge >= 0.3 is 5.97 Å². The van der Waals surface area contributed by atoms with Crippen LogP contribution < -0.4 is 4.74 Å². The van der Waals surface area contributed by atoms with E-state index in [1.54, 1.807) is 0 Å². The fourth-order valence-corrected chi connectivity index (χ4v) is 4.06. The molecule has 2 aromatic carbocycles. The number of carbonyl (C=O) groups is 2. The monoisotopic (exact) mass is 436 g/mol. The van der Waals surface area contributed by atoms with Gasteiger partial charge in [-0.05, 0) is 49.4 Å². The SMILES string of the molecule is Cc1ccc(C)c(OC2=COC3CC(OCC(=O)OCc4ccccc4)CCC3C2=O)c1. The van der Waals surface area contributed by atoms with Crippen LogP contribution >= 0.6 is 0 Å². The van der Waals surface area contributed by atoms with Gasteiger partial charge in [0.2, 0.25) is 11.5 Å². The highest BCUT2D eigenvalue weighted by Gasteiger charge is 2.41. The Hall–Kier alpha value is -3.12. The normalized spacial score (nSPS) is 22.4. The van der Waals surface area contributed by atoms with Gasteiger partial charge in [0.1, 0.15) is 31.3 Å². The first-order valence-electron chi connectivity index (χ1n) is 11.0. The molecule has 2 aromatic rings. The summed E-state index contributed by atoms with van der Waals surface area (Å²) in [6, 6.07) is 15.4. The molecule has 0 aromatic heterocycles. The van der Waals surface area contributed by atoms with Gasteiger partial charge in [0.25, 0.3) is 0 Å². The molecular formula is C26H28O6. The Morgan fingerprint density at radius 2 is 1.91 bits per heavy atom. The Morgan fingerprint density at radius 3 is 2.72 bits per heavy atom. The number of fused-ring (bicyclic) bond motifs is 1. The second-order valence-electron chi connectivity index (χ2n) is 8.39. The topological polar surface area (TPSA) is 71.1 Å². The van der Waals surface area contributed by atoms with Gasteiger partial charge in [-0.1, -0.05) is 42.5 Å². The number of aryl methyl sites for hydroxylation is 2. The Kier molecular flexibility index (Phi) is 6.90. The minimum atomic E-state index is -0.402. The van der Waals surface area contributed by atoms with Crippen LogP contribution in [-0.4, -0.2) is 30.6 Å². The summed E-state index contributed by atoms with van der Waals surface area (Å²) in [4.78, 5) is 25.0. The van der Waals surface area contributed by atoms with E-state index in [0.29, 0.717) is 25.0 Å². The summed E-state index contributed by atoms with van der Waals surface area (Å²) >= 11 is 0. The molecule has 0 bridgehead atoms. The van der Waals surface area contributed by atoms with Gasteiger partial charge in [-0.2, -0.15) is 0 Å². The molecule has 3 unspecified atom stereocenters. The Bertz CT molecular complexity index is 997. The third kappa shape index (κ3) is 5.37. The number of hydrogen-bond donors (Lipinski definition) is 0. The van der Waals surface area contributed by atoms with Crippen LogP contribution in [0.15, 0.2) is 60.6 Å². The highest BCUT2D eigenvalue weighted by molar-refractivity contribution is 5.96. The van der Waals surface area contributed by atoms with Crippen molar-refractivity contribution >= 4 is 11.8 Å². The van der Waals surface area contributed by atoms with Crippen molar-refractivity contribution in [3.8, 4) is 5.75 Å². The van der Waals surface area contributed by atoms with Gasteiger partial charge < -0.3 is 18.9 Å². The standard InChI is InChI=1S/C26H28O6/c1-17-8-9-18(2)22(12-17)32-24-15-30-23-13-20(10-11-21(23)26(24)28)29-16-25(27)31-14-19-6-4-3-5-7-19/h3-9,12,15,20-21,23H,10-11,13-14,16H2,1-2H3. The quantitative estimate of drug-likeness (QED) is 0.599. The summed E-state index contributed by atoms with van der Waals surface area (Å²) < 4.78 is 22.7. The molecular weight excluding hydrogens is 408 g/mol. The summed E-state index contributed by atoms with van der Waals surface area (Å²) in [5.74, 6) is 0.204. The largest absolute Gasteiger partial charge is 0.493 e. The van der Waals surface area contributed by atoms with E-state index in [1.165, 1.54) is 6.26 Å². The molecule has 4 rings (SSSR count). The van der Waals surface area contributed by atoms with E-state index in [4.69, 9.17) is 18.9 Å². The van der Waals surface area contributed by atoms with Crippen molar-refractivity contribution < 1.29 is 28.5 Å². The molecule has 168 valence electrons. The zero-order valence-electron chi connectivity index (χ0n) is 18.4. The molecule has 1 heterocycles. The molecule has 3 atom stereocenters. The first-order valence-corrected chi connectivity index (χ1v) is 11.0. The lowest BCUT2D eigenvalue weighted by molar-refractivity contribution is -0.156. The molecule has 0 saturated heterocycles. The van der Waals surface area contributed by atoms with Crippen LogP contribution in [0.4, 0.5) is 0 Å². The zero-order valence-corrected chi connectivity index (χ0v) is 18.4. The van der Waals surface area contributed by atoms with Crippen LogP contribution in [0.1, 0.15) is 36.0 Å². The van der Waals surface area contributed by atoms with Gasteiger partial charge in [0.15, 0.2) is 0 Å². The predicted molar refractivity (Wildman–Crippen MR) is 118 cm³/mol. The van der Waals surface area contributed by atoms with E-state index in [0.717, 1.165) is 16.7 Å². The van der Waals surface area contributed by atoms with Crippen LogP contribution in [0.5, 0.6) is 5.75 Å². The molecule has 1 aliphatic heterocycles. The summed E-state index contributed by atoms with van der Waals surface area (Å²) in [5, 5.41) is 0. The molecule has 1 saturated carbocycles. The van der Waals surface area contributed by atoms with Gasteiger partial charge in [-0.3, -0.25) is 4.79 Å². The number of allylic oxidation sites excluding steroid dienone is 1. The Morgan fingerprint density at radius 1 is 1.09 bits per heavy atom. The maximum absolute atomic E-state index is 13.0. The van der Waals surface area contributed by atoms with Crippen LogP contribution in [-0.2, 0) is 30.4 Å². The zero-order chi connectivity index (χ0) is 22.5. The first-order chi connectivity index (χ1) is 15.5. The van der Waals surface area contributed by atoms with Crippen molar-refractivity contribution in [2.45, 2.75) is 51.9 Å². The van der Waals surface area contributed by atoms with E-state index in [2.05, 4.69) is 0 Å². The maximum atomic E-state index is 13.0. The van der Waals surface area contributed by atoms with Gasteiger partial charge in [0, 0.05) is 6.42 Å². The molecule has 6 heteroatoms. The molecule has 0 amide bonds. The van der Waals surface area contributed by atoms with Crippen molar-refractivity contribution in [1.82, 2.24) is 0 Å². The van der Waals surface area contributed by atoms with E-state index in [9.17, 15) is 9.59 Å². The fourth-order valence-electron chi connectivity index (χ4n) is 4.06. The number of ketones is 1. The number of rotatable bonds is 7. The molecule has 0 radical (unpaired) electrons. The van der Waals surface area contributed by atoms with Crippen molar-refractivity contribution in [3.63, 3.8) is 0 Å². The van der Waals surface area contributed by atoms with Gasteiger partial charge in [-0.25, -0.2) is 4.79 Å². The predicted octanol–water partition coefficient (Wildman–Crippen LogP) is 4.42. The first kappa shape index (κ1) is 22.1. The van der Waals surface area contributed by atoms with E-state index in [1.807, 2.05) is 62.4 Å². The summed E-state index contributed by atoms with van der Waals surface area (Å²) in [6.07, 6.45) is 2.85. The minimum absolute atomic E-state index is 0.0390. The number of hydrogen-bond acceptors (Lipinski definition) is 6. The van der Waals surface area contributed by atoms with E-state index < -0.39 is 5.97 Å². The average Bonchev–Trinajstić information content (AvgIpc) is 2.81. The smallest absolute Gasteiger partial charge is 0.332 e. The van der Waals surface area contributed by atoms with Crippen molar-refractivity contribution in [2.24, 2.45) is 5.92 Å². The van der Waals surface area contributed by atoms with Crippen LogP contribution in [0.3, 0.4) is 0 Å². The number of esters is 1. The van der Waals surface area contributed by atoms with Crippen LogP contribution in [0.2, 0.25) is 0 Å². The highest BCUT2D eigenvalue weighted by Crippen LogP contribution is 2.35. The third-order valence-corrected chi connectivity index (χ3v) is 5.92. The van der Waals surface area contributed by atoms with E-state index in [-0.39, 0.29) is 42.9 Å². The molecule has 32 heavy (non-hydrogen) atoms. The van der Waals surface area contributed by atoms with Crippen LogP contribution in [0.25, 0.3) is 0 Å². The Labute approximate surface area is 188 Å². The second kappa shape index (κ2) is 10.0. The number of benzene rings is 2. The second-order valence-corrected chi connectivity index (χ2v) is 8.39. The molecule has 0 spiro atoms. The molecule has 2 aliphatic rings. The summed E-state index contributed by atoms with van der Waals surface area (Å²) in [6.45, 7) is 4.04.